The lowest BCUT2D eigenvalue weighted by Gasteiger charge is -2.25. The van der Waals surface area contributed by atoms with Gasteiger partial charge >= 0.3 is 0 Å². The predicted molar refractivity (Wildman–Crippen MR) is 147 cm³/mol. The normalized spacial score (nSPS) is 13.4. The number of nitrogens with zero attached hydrogens (tertiary/aromatic N) is 2. The van der Waals surface area contributed by atoms with Crippen molar-refractivity contribution in [3.8, 4) is 16.3 Å². The van der Waals surface area contributed by atoms with E-state index >= 15 is 0 Å². The Hall–Kier alpha value is -2.10. The average molecular weight is 532 g/mol. The molecule has 1 N–H and O–H groups in total. The zero-order chi connectivity index (χ0) is 22.8. The number of aromatic nitrogens is 1. The van der Waals surface area contributed by atoms with Gasteiger partial charge in [-0.25, -0.2) is 4.98 Å². The molecule has 1 amide bonds. The second-order valence-corrected chi connectivity index (χ2v) is 11.0. The Morgan fingerprint density at radius 3 is 2.71 bits per heavy atom. The minimum absolute atomic E-state index is 0. The topological polar surface area (TPSA) is 54.5 Å². The predicted octanol–water partition coefficient (Wildman–Crippen LogP) is 6.56. The number of benzene rings is 2. The van der Waals surface area contributed by atoms with Crippen molar-refractivity contribution in [1.29, 1.82) is 0 Å². The van der Waals surface area contributed by atoms with Crippen LogP contribution in [0.2, 0.25) is 0 Å². The van der Waals surface area contributed by atoms with Gasteiger partial charge in [0.15, 0.2) is 0 Å². The van der Waals surface area contributed by atoms with Gasteiger partial charge in [0.2, 0.25) is 5.91 Å². The Balaban J connectivity index is 0.00000274. The highest BCUT2D eigenvalue weighted by Crippen LogP contribution is 2.45. The maximum absolute atomic E-state index is 12.9. The number of para-hydroxylation sites is 1. The zero-order valence-corrected chi connectivity index (χ0v) is 22.3. The summed E-state index contributed by atoms with van der Waals surface area (Å²) in [5, 5.41) is 5.14. The van der Waals surface area contributed by atoms with Gasteiger partial charge in [-0.05, 0) is 54.9 Å². The van der Waals surface area contributed by atoms with E-state index in [9.17, 15) is 4.79 Å². The van der Waals surface area contributed by atoms with Crippen molar-refractivity contribution in [3.63, 3.8) is 0 Å². The summed E-state index contributed by atoms with van der Waals surface area (Å²) in [6, 6.07) is 16.0. The van der Waals surface area contributed by atoms with Gasteiger partial charge in [-0.3, -0.25) is 9.69 Å². The number of carbonyl (C=O) groups is 1. The molecule has 9 heteroatoms. The third kappa shape index (κ3) is 5.26. The number of methoxy groups -OCH3 is 1. The highest BCUT2D eigenvalue weighted by molar-refractivity contribution is 8.00. The molecule has 0 bridgehead atoms. The van der Waals surface area contributed by atoms with Crippen LogP contribution in [0.25, 0.3) is 20.8 Å². The van der Waals surface area contributed by atoms with Gasteiger partial charge in [-0.15, -0.1) is 46.8 Å². The van der Waals surface area contributed by atoms with Crippen LogP contribution < -0.4 is 10.1 Å². The minimum atomic E-state index is 0. The molecule has 0 atom stereocenters. The zero-order valence-electron chi connectivity index (χ0n) is 19.0. The SMILES string of the molecule is CCN1CCc2c(sc(NC(=O)CSc3ccc(OC)cc3)c2-c2nc3ccccc3s2)C1.Cl. The number of amides is 1. The van der Waals surface area contributed by atoms with Crippen LogP contribution in [0.3, 0.4) is 0 Å². The molecule has 5 rings (SSSR count). The number of hydrogen-bond donors (Lipinski definition) is 1. The molecule has 2 aromatic carbocycles. The molecule has 5 nitrogen and oxygen atoms in total. The number of halogens is 1. The molecule has 0 unspecified atom stereocenters. The number of thiazole rings is 1. The van der Waals surface area contributed by atoms with Crippen LogP contribution in [0.1, 0.15) is 17.4 Å². The Kier molecular flexibility index (Phi) is 8.16. The van der Waals surface area contributed by atoms with E-state index in [1.54, 1.807) is 29.8 Å². The van der Waals surface area contributed by atoms with Crippen LogP contribution in [-0.2, 0) is 17.8 Å². The number of fused-ring (bicyclic) bond motifs is 2. The third-order valence-corrected chi connectivity index (χ3v) is 8.97. The molecule has 0 aliphatic carbocycles. The minimum Gasteiger partial charge on any atom is -0.497 e. The van der Waals surface area contributed by atoms with Crippen LogP contribution >= 0.6 is 46.8 Å². The maximum atomic E-state index is 12.9. The molecule has 0 radical (unpaired) electrons. The van der Waals surface area contributed by atoms with Crippen molar-refractivity contribution in [3.05, 3.63) is 59.0 Å². The Labute approximate surface area is 218 Å². The molecule has 178 valence electrons. The number of anilines is 1. The number of hydrogen-bond acceptors (Lipinski definition) is 7. The molecular weight excluding hydrogens is 506 g/mol. The summed E-state index contributed by atoms with van der Waals surface area (Å²) in [6.45, 7) is 5.21. The van der Waals surface area contributed by atoms with Gasteiger partial charge in [-0.2, -0.15) is 0 Å². The number of likely N-dealkylation sites (N-methyl/N-ethyl adjacent to an activating group) is 1. The molecule has 34 heavy (non-hydrogen) atoms. The molecule has 3 heterocycles. The molecule has 0 saturated carbocycles. The van der Waals surface area contributed by atoms with Gasteiger partial charge in [-0.1, -0.05) is 19.1 Å². The first kappa shape index (κ1) is 25.0. The van der Waals surface area contributed by atoms with Gasteiger partial charge < -0.3 is 10.1 Å². The second kappa shape index (κ2) is 11.1. The lowest BCUT2D eigenvalue weighted by molar-refractivity contribution is -0.113. The number of ether oxygens (including phenoxy) is 1. The molecule has 1 aliphatic rings. The first-order valence-corrected chi connectivity index (χ1v) is 13.6. The molecule has 0 saturated heterocycles. The Bertz CT molecular complexity index is 1250. The highest BCUT2D eigenvalue weighted by atomic mass is 35.5. The summed E-state index contributed by atoms with van der Waals surface area (Å²) >= 11 is 4.94. The maximum Gasteiger partial charge on any atom is 0.235 e. The Morgan fingerprint density at radius 1 is 1.18 bits per heavy atom. The van der Waals surface area contributed by atoms with E-state index in [0.29, 0.717) is 5.75 Å². The molecule has 0 spiro atoms. The standard InChI is InChI=1S/C25H25N3O2S3.ClH/c1-3-28-13-12-18-21(14-28)33-25(23(18)24-26-19-6-4-5-7-20(19)32-24)27-22(29)15-31-17-10-8-16(30-2)9-11-17;/h4-11H,3,12-15H2,1-2H3,(H,27,29);1H. The summed E-state index contributed by atoms with van der Waals surface area (Å²) in [5.74, 6) is 1.17. The summed E-state index contributed by atoms with van der Waals surface area (Å²) in [4.78, 5) is 22.7. The van der Waals surface area contributed by atoms with Gasteiger partial charge in [0, 0.05) is 28.4 Å². The number of thiophene rings is 1. The number of nitrogens with one attached hydrogen (secondary N) is 1. The van der Waals surface area contributed by atoms with Crippen molar-refractivity contribution in [1.82, 2.24) is 9.88 Å². The fraction of sp³-hybridized carbons (Fsp3) is 0.280. The van der Waals surface area contributed by atoms with E-state index in [1.165, 1.54) is 26.9 Å². The molecule has 0 fully saturated rings. The van der Waals surface area contributed by atoms with Crippen LogP contribution in [0, 0.1) is 0 Å². The lowest BCUT2D eigenvalue weighted by Crippen LogP contribution is -2.29. The number of rotatable bonds is 7. The van der Waals surface area contributed by atoms with Crippen molar-refractivity contribution in [2.24, 2.45) is 0 Å². The fourth-order valence-corrected chi connectivity index (χ4v) is 7.12. The highest BCUT2D eigenvalue weighted by Gasteiger charge is 2.27. The largest absolute Gasteiger partial charge is 0.497 e. The monoisotopic (exact) mass is 531 g/mol. The van der Waals surface area contributed by atoms with Crippen LogP contribution in [-0.4, -0.2) is 41.7 Å². The summed E-state index contributed by atoms with van der Waals surface area (Å²) in [5.41, 5.74) is 3.48. The van der Waals surface area contributed by atoms with E-state index in [2.05, 4.69) is 29.3 Å². The van der Waals surface area contributed by atoms with E-state index < -0.39 is 0 Å². The first-order chi connectivity index (χ1) is 16.1. The van der Waals surface area contributed by atoms with E-state index in [1.807, 2.05) is 36.4 Å². The fourth-order valence-electron chi connectivity index (χ4n) is 4.00. The van der Waals surface area contributed by atoms with Crippen molar-refractivity contribution in [2.75, 3.05) is 31.3 Å². The van der Waals surface area contributed by atoms with Crippen LogP contribution in [0.5, 0.6) is 5.75 Å². The van der Waals surface area contributed by atoms with Crippen molar-refractivity contribution >= 4 is 68.0 Å². The number of thioether (sulfide) groups is 1. The van der Waals surface area contributed by atoms with Crippen LogP contribution in [0.4, 0.5) is 5.00 Å². The summed E-state index contributed by atoms with van der Waals surface area (Å²) in [6.07, 6.45) is 0.988. The van der Waals surface area contributed by atoms with Gasteiger partial charge in [0.25, 0.3) is 0 Å². The third-order valence-electron chi connectivity index (χ3n) is 5.77. The lowest BCUT2D eigenvalue weighted by atomic mass is 10.0. The molecule has 1 aliphatic heterocycles. The molecule has 4 aromatic rings. The Morgan fingerprint density at radius 2 is 1.97 bits per heavy atom. The van der Waals surface area contributed by atoms with Crippen LogP contribution in [0.15, 0.2) is 53.4 Å². The quantitative estimate of drug-likeness (QED) is 0.273. The second-order valence-electron chi connectivity index (χ2n) is 7.83. The smallest absolute Gasteiger partial charge is 0.235 e. The van der Waals surface area contributed by atoms with Gasteiger partial charge in [0.1, 0.15) is 15.8 Å². The van der Waals surface area contributed by atoms with Crippen molar-refractivity contribution < 1.29 is 9.53 Å². The van der Waals surface area contributed by atoms with E-state index in [4.69, 9.17) is 9.72 Å². The van der Waals surface area contributed by atoms with E-state index in [0.717, 1.165) is 57.8 Å². The van der Waals surface area contributed by atoms with Gasteiger partial charge in [0.05, 0.1) is 23.1 Å². The molecular formula is C25H26ClN3O2S3. The summed E-state index contributed by atoms with van der Waals surface area (Å²) in [7, 11) is 1.65. The summed E-state index contributed by atoms with van der Waals surface area (Å²) < 4.78 is 6.38. The van der Waals surface area contributed by atoms with Crippen molar-refractivity contribution in [2.45, 2.75) is 24.8 Å². The first-order valence-electron chi connectivity index (χ1n) is 10.9. The molecule has 2 aromatic heterocycles. The van der Waals surface area contributed by atoms with E-state index in [-0.39, 0.29) is 18.3 Å². The number of carbonyl (C=O) groups excluding carboxylic acids is 1. The average Bonchev–Trinajstić information content (AvgIpc) is 3.42.